The van der Waals surface area contributed by atoms with Crippen LogP contribution in [-0.4, -0.2) is 23.7 Å². The molecule has 0 spiro atoms. The van der Waals surface area contributed by atoms with E-state index in [9.17, 15) is 9.59 Å². The van der Waals surface area contributed by atoms with Gasteiger partial charge in [0.05, 0.1) is 15.6 Å². The molecule has 0 fully saturated rings. The lowest BCUT2D eigenvalue weighted by Gasteiger charge is -2.17. The molecule has 1 heterocycles. The maximum absolute atomic E-state index is 12.6. The van der Waals surface area contributed by atoms with Crippen molar-refractivity contribution in [3.8, 4) is 0 Å². The second kappa shape index (κ2) is 6.24. The SMILES string of the molecule is CC(=O)N(C)c1ncccc1C(=O)c1cccc(Cl)c1Cl. The summed E-state index contributed by atoms with van der Waals surface area (Å²) in [4.78, 5) is 29.6. The third kappa shape index (κ3) is 3.06. The standard InChI is InChI=1S/C15H12Cl2N2O2/c1-9(20)19(2)15-11(6-4-8-18-15)14(21)10-5-3-7-12(16)13(10)17/h3-8H,1-2H3. The van der Waals surface area contributed by atoms with Crippen LogP contribution in [0.4, 0.5) is 5.82 Å². The molecule has 0 aliphatic rings. The lowest BCUT2D eigenvalue weighted by molar-refractivity contribution is -0.116. The minimum absolute atomic E-state index is 0.185. The fraction of sp³-hybridized carbons (Fsp3) is 0.133. The molecule has 4 nitrogen and oxygen atoms in total. The van der Waals surface area contributed by atoms with Gasteiger partial charge in [-0.05, 0) is 24.3 Å². The summed E-state index contributed by atoms with van der Waals surface area (Å²) in [7, 11) is 1.56. The number of nitrogens with zero attached hydrogens (tertiary/aromatic N) is 2. The summed E-state index contributed by atoms with van der Waals surface area (Å²) in [5.74, 6) is -0.273. The zero-order valence-corrected chi connectivity index (χ0v) is 12.9. The second-order valence-corrected chi connectivity index (χ2v) is 5.17. The highest BCUT2D eigenvalue weighted by atomic mass is 35.5. The van der Waals surface area contributed by atoms with E-state index in [1.807, 2.05) is 0 Å². The number of benzene rings is 1. The Morgan fingerprint density at radius 2 is 1.76 bits per heavy atom. The van der Waals surface area contributed by atoms with Gasteiger partial charge in [-0.25, -0.2) is 4.98 Å². The lowest BCUT2D eigenvalue weighted by Crippen LogP contribution is -2.26. The van der Waals surface area contributed by atoms with Gasteiger partial charge in [-0.15, -0.1) is 0 Å². The van der Waals surface area contributed by atoms with Gasteiger partial charge in [0.2, 0.25) is 5.91 Å². The van der Waals surface area contributed by atoms with Gasteiger partial charge in [0.25, 0.3) is 0 Å². The van der Waals surface area contributed by atoms with Crippen LogP contribution in [0.1, 0.15) is 22.8 Å². The van der Waals surface area contributed by atoms with Crippen LogP contribution in [0.15, 0.2) is 36.5 Å². The maximum atomic E-state index is 12.6. The number of rotatable bonds is 3. The number of ketones is 1. The molecule has 0 atom stereocenters. The molecule has 2 rings (SSSR count). The quantitative estimate of drug-likeness (QED) is 0.811. The molecule has 1 amide bonds. The minimum Gasteiger partial charge on any atom is -0.300 e. The van der Waals surface area contributed by atoms with Crippen molar-refractivity contribution in [2.45, 2.75) is 6.92 Å². The highest BCUT2D eigenvalue weighted by molar-refractivity contribution is 6.44. The van der Waals surface area contributed by atoms with Crippen LogP contribution in [0.2, 0.25) is 10.0 Å². The molecule has 1 aromatic carbocycles. The van der Waals surface area contributed by atoms with Crippen LogP contribution >= 0.6 is 23.2 Å². The van der Waals surface area contributed by atoms with Crippen molar-refractivity contribution < 1.29 is 9.59 Å². The third-order valence-corrected chi connectivity index (χ3v) is 3.84. The first-order valence-electron chi connectivity index (χ1n) is 6.11. The van der Waals surface area contributed by atoms with E-state index in [1.54, 1.807) is 37.4 Å². The first kappa shape index (κ1) is 15.5. The average Bonchev–Trinajstić information content (AvgIpc) is 2.48. The van der Waals surface area contributed by atoms with E-state index in [4.69, 9.17) is 23.2 Å². The number of amides is 1. The van der Waals surface area contributed by atoms with Crippen molar-refractivity contribution in [1.82, 2.24) is 4.98 Å². The van der Waals surface area contributed by atoms with Gasteiger partial charge < -0.3 is 0 Å². The molecule has 0 N–H and O–H groups in total. The normalized spacial score (nSPS) is 10.3. The summed E-state index contributed by atoms with van der Waals surface area (Å²) in [5, 5.41) is 0.484. The summed E-state index contributed by atoms with van der Waals surface area (Å²) in [6, 6.07) is 8.06. The summed E-state index contributed by atoms with van der Waals surface area (Å²) in [6.45, 7) is 1.40. The highest BCUT2D eigenvalue weighted by Gasteiger charge is 2.21. The van der Waals surface area contributed by atoms with Crippen molar-refractivity contribution in [2.75, 3.05) is 11.9 Å². The number of aromatic nitrogens is 1. The molecule has 0 saturated carbocycles. The molecular weight excluding hydrogens is 311 g/mol. The van der Waals surface area contributed by atoms with Crippen LogP contribution in [-0.2, 0) is 4.79 Å². The number of pyridine rings is 1. The number of hydrogen-bond donors (Lipinski definition) is 0. The molecule has 6 heteroatoms. The van der Waals surface area contributed by atoms with Crippen LogP contribution in [0.25, 0.3) is 0 Å². The Bertz CT molecular complexity index is 717. The third-order valence-electron chi connectivity index (χ3n) is 3.02. The summed E-state index contributed by atoms with van der Waals surface area (Å²) in [6.07, 6.45) is 1.52. The number of carbonyl (C=O) groups is 2. The van der Waals surface area contributed by atoms with Crippen molar-refractivity contribution >= 4 is 40.7 Å². The number of carbonyl (C=O) groups excluding carboxylic acids is 2. The average molecular weight is 323 g/mol. The zero-order valence-electron chi connectivity index (χ0n) is 11.4. The van der Waals surface area contributed by atoms with E-state index >= 15 is 0 Å². The van der Waals surface area contributed by atoms with E-state index < -0.39 is 0 Å². The Morgan fingerprint density at radius 3 is 2.43 bits per heavy atom. The number of anilines is 1. The summed E-state index contributed by atoms with van der Waals surface area (Å²) < 4.78 is 0. The van der Waals surface area contributed by atoms with Crippen molar-refractivity contribution in [3.63, 3.8) is 0 Å². The molecule has 0 bridgehead atoms. The summed E-state index contributed by atoms with van der Waals surface area (Å²) in [5.41, 5.74) is 0.565. The Labute approximate surface area is 132 Å². The molecule has 108 valence electrons. The van der Waals surface area contributed by atoms with Gasteiger partial charge >= 0.3 is 0 Å². The fourth-order valence-electron chi connectivity index (χ4n) is 1.81. The van der Waals surface area contributed by atoms with Gasteiger partial charge in [0.1, 0.15) is 5.82 Å². The molecule has 0 unspecified atom stereocenters. The lowest BCUT2D eigenvalue weighted by atomic mass is 10.0. The van der Waals surface area contributed by atoms with Gasteiger partial charge in [-0.1, -0.05) is 29.3 Å². The molecule has 0 aliphatic heterocycles. The van der Waals surface area contributed by atoms with Gasteiger partial charge in [-0.2, -0.15) is 0 Å². The maximum Gasteiger partial charge on any atom is 0.224 e. The minimum atomic E-state index is -0.335. The predicted molar refractivity (Wildman–Crippen MR) is 83.2 cm³/mol. The Kier molecular flexibility index (Phi) is 4.60. The van der Waals surface area contributed by atoms with E-state index in [-0.39, 0.29) is 28.1 Å². The molecule has 2 aromatic rings. The molecule has 1 aromatic heterocycles. The molecular formula is C15H12Cl2N2O2. The molecule has 0 saturated heterocycles. The van der Waals surface area contributed by atoms with E-state index in [0.29, 0.717) is 10.6 Å². The fourth-order valence-corrected chi connectivity index (χ4v) is 2.20. The van der Waals surface area contributed by atoms with Crippen LogP contribution in [0.3, 0.4) is 0 Å². The first-order valence-corrected chi connectivity index (χ1v) is 6.87. The van der Waals surface area contributed by atoms with E-state index in [0.717, 1.165) is 0 Å². The van der Waals surface area contributed by atoms with Crippen molar-refractivity contribution in [1.29, 1.82) is 0 Å². The van der Waals surface area contributed by atoms with Crippen LogP contribution in [0, 0.1) is 0 Å². The Morgan fingerprint density at radius 1 is 1.10 bits per heavy atom. The highest BCUT2D eigenvalue weighted by Crippen LogP contribution is 2.29. The Balaban J connectivity index is 2.54. The topological polar surface area (TPSA) is 50.3 Å². The van der Waals surface area contributed by atoms with Crippen LogP contribution in [0.5, 0.6) is 0 Å². The summed E-state index contributed by atoms with van der Waals surface area (Å²) >= 11 is 12.0. The van der Waals surface area contributed by atoms with E-state index in [1.165, 1.54) is 18.0 Å². The van der Waals surface area contributed by atoms with Crippen molar-refractivity contribution in [2.24, 2.45) is 0 Å². The predicted octanol–water partition coefficient (Wildman–Crippen LogP) is 3.60. The van der Waals surface area contributed by atoms with Crippen molar-refractivity contribution in [3.05, 3.63) is 57.7 Å². The number of hydrogen-bond acceptors (Lipinski definition) is 3. The van der Waals surface area contributed by atoms with Gasteiger partial charge in [-0.3, -0.25) is 14.5 Å². The zero-order chi connectivity index (χ0) is 15.6. The van der Waals surface area contributed by atoms with Gasteiger partial charge in [0, 0.05) is 25.7 Å². The smallest absolute Gasteiger partial charge is 0.224 e. The molecule has 0 aliphatic carbocycles. The monoisotopic (exact) mass is 322 g/mol. The molecule has 0 radical (unpaired) electrons. The van der Waals surface area contributed by atoms with E-state index in [2.05, 4.69) is 4.98 Å². The van der Waals surface area contributed by atoms with Crippen LogP contribution < -0.4 is 4.90 Å². The largest absolute Gasteiger partial charge is 0.300 e. The first-order chi connectivity index (χ1) is 9.93. The second-order valence-electron chi connectivity index (χ2n) is 4.38. The Hall–Kier alpha value is -1.91. The van der Waals surface area contributed by atoms with Gasteiger partial charge in [0.15, 0.2) is 5.78 Å². The number of halogens is 2. The molecule has 21 heavy (non-hydrogen) atoms.